The van der Waals surface area contributed by atoms with Crippen LogP contribution in [-0.2, 0) is 14.4 Å². The topological polar surface area (TPSA) is 46.6 Å². The average Bonchev–Trinajstić information content (AvgIpc) is 2.93. The van der Waals surface area contributed by atoms with E-state index < -0.39 is 0 Å². The molecular weight excluding hydrogens is 575 g/mol. The Morgan fingerprint density at radius 3 is 1.18 bits per heavy atom. The maximum Gasteiger partial charge on any atom is 2.00 e. The summed E-state index contributed by atoms with van der Waals surface area (Å²) in [5.41, 5.74) is 0. The molecule has 0 N–H and O–H groups in total. The summed E-state index contributed by atoms with van der Waals surface area (Å²) in [6.07, 6.45) is 30.1. The Bertz CT molecular complexity index is 460. The first-order chi connectivity index (χ1) is 18.4. The van der Waals surface area contributed by atoms with Crippen LogP contribution in [0.1, 0.15) is 188 Å². The molecule has 0 aromatic rings. The van der Waals surface area contributed by atoms with E-state index in [1.807, 2.05) is 0 Å². The van der Waals surface area contributed by atoms with Gasteiger partial charge in [0.15, 0.2) is 0 Å². The number of carbonyl (C=O) groups excluding carboxylic acids is 2. The van der Waals surface area contributed by atoms with Crippen LogP contribution in [0.15, 0.2) is 0 Å². The van der Waals surface area contributed by atoms with Gasteiger partial charge in [0.25, 0.3) is 0 Å². The maximum atomic E-state index is 11.6. The molecule has 0 atom stereocenters. The van der Waals surface area contributed by atoms with Crippen LogP contribution in [0, 0.1) is 6.92 Å². The van der Waals surface area contributed by atoms with Crippen molar-refractivity contribution in [3.63, 3.8) is 0 Å². The summed E-state index contributed by atoms with van der Waals surface area (Å²) in [5, 5.41) is 1.29. The molecule has 238 valence electrons. The summed E-state index contributed by atoms with van der Waals surface area (Å²) in [7, 11) is 3.16. The van der Waals surface area contributed by atoms with E-state index >= 15 is 0 Å². The van der Waals surface area contributed by atoms with Gasteiger partial charge in [-0.1, -0.05) is 143 Å². The second kappa shape index (κ2) is 46.3. The first kappa shape index (κ1) is 50.0. The van der Waals surface area contributed by atoms with Crippen LogP contribution in [0.25, 0.3) is 0 Å². The van der Waals surface area contributed by atoms with Crippen LogP contribution in [0.4, 0.5) is 0 Å². The summed E-state index contributed by atoms with van der Waals surface area (Å²) in [6, 6.07) is 0. The number of amides is 1. The average molecular weight is 645 g/mol. The fourth-order valence-electron chi connectivity index (χ4n) is 4.07. The van der Waals surface area contributed by atoms with Gasteiger partial charge in [-0.05, 0) is 19.3 Å². The number of unbranched alkanes of at least 4 members (excludes halogenated alkanes) is 18. The van der Waals surface area contributed by atoms with Crippen LogP contribution in [-0.4, -0.2) is 54.0 Å². The van der Waals surface area contributed by atoms with Gasteiger partial charge in [0.05, 0.1) is 7.11 Å². The molecule has 0 aliphatic rings. The molecule has 0 heterocycles. The van der Waals surface area contributed by atoms with Crippen molar-refractivity contribution in [2.45, 2.75) is 188 Å². The van der Waals surface area contributed by atoms with Crippen LogP contribution in [0.5, 0.6) is 0 Å². The van der Waals surface area contributed by atoms with Crippen LogP contribution in [0.2, 0.25) is 0 Å². The molecule has 0 radical (unpaired) electrons. The van der Waals surface area contributed by atoms with Crippen molar-refractivity contribution in [2.75, 3.05) is 14.2 Å². The predicted molar refractivity (Wildman–Crippen MR) is 174 cm³/mol. The Kier molecular flexibility index (Phi) is 57.9. The fourth-order valence-corrected chi connectivity index (χ4v) is 4.07. The van der Waals surface area contributed by atoms with E-state index in [9.17, 15) is 9.59 Å². The van der Waals surface area contributed by atoms with Gasteiger partial charge >= 0.3 is 23.1 Å². The van der Waals surface area contributed by atoms with E-state index in [-0.39, 0.29) is 45.9 Å². The van der Waals surface area contributed by atoms with Gasteiger partial charge in [0, 0.05) is 26.3 Å². The number of ketones is 1. The third-order valence-corrected chi connectivity index (χ3v) is 6.84. The molecule has 0 fully saturated rings. The molecule has 1 amide bonds. The summed E-state index contributed by atoms with van der Waals surface area (Å²) < 4.78 is 0. The van der Waals surface area contributed by atoms with Crippen molar-refractivity contribution < 1.29 is 31.4 Å². The van der Waals surface area contributed by atoms with Crippen molar-refractivity contribution in [3.05, 3.63) is 6.92 Å². The molecule has 0 aliphatic carbocycles. The van der Waals surface area contributed by atoms with Gasteiger partial charge in [-0.25, -0.2) is 5.06 Å². The molecule has 0 saturated heterocycles. The quantitative estimate of drug-likeness (QED) is 0.0440. The van der Waals surface area contributed by atoms with E-state index in [1.165, 1.54) is 121 Å². The Morgan fingerprint density at radius 2 is 0.850 bits per heavy atom. The SMILES string of the molecule is CCCCCCCC(=O)N(C)OC.CCCCCCCCC(=O)CCCCCCC.[Br-].[CH2-]CCCCCCC.[Mg+2]. The van der Waals surface area contributed by atoms with E-state index in [2.05, 4.69) is 34.6 Å². The number of rotatable bonds is 25. The van der Waals surface area contributed by atoms with E-state index in [1.54, 1.807) is 7.05 Å². The van der Waals surface area contributed by atoms with Crippen molar-refractivity contribution in [3.8, 4) is 0 Å². The van der Waals surface area contributed by atoms with E-state index in [0.717, 1.165) is 44.9 Å². The first-order valence-electron chi connectivity index (χ1n) is 16.6. The standard InChI is InChI=1S/C16H32O.C10H21NO2.C8H17.BrH.Mg/c1-3-5-7-9-11-13-15-16(17)14-12-10-8-6-4-2;1-4-5-6-7-8-9-10(12)11(2)13-3;1-3-5-7-8-6-4-2;;/h3-15H2,1-2H3;4-9H2,1-3H3;1,3-8H2,2H3;1H;/q;;-1;;+2/p-1. The van der Waals surface area contributed by atoms with Gasteiger partial charge in [-0.3, -0.25) is 14.4 Å². The zero-order chi connectivity index (χ0) is 29.1. The number of Topliss-reactive ketones (excluding diaryl/α,β-unsaturated/α-hetero) is 1. The number of hydrogen-bond donors (Lipinski definition) is 0. The fraction of sp³-hybridized carbons (Fsp3) is 0.912. The minimum absolute atomic E-state index is 0. The van der Waals surface area contributed by atoms with Crippen molar-refractivity contribution >= 4 is 34.7 Å². The molecule has 0 spiro atoms. The largest absolute Gasteiger partial charge is 2.00 e. The number of halogens is 1. The van der Waals surface area contributed by atoms with Gasteiger partial charge in [-0.2, -0.15) is 6.42 Å². The molecule has 40 heavy (non-hydrogen) atoms. The molecule has 0 aromatic heterocycles. The molecule has 4 nitrogen and oxygen atoms in total. The second-order valence-corrected chi connectivity index (χ2v) is 10.7. The third-order valence-electron chi connectivity index (χ3n) is 6.84. The summed E-state index contributed by atoms with van der Waals surface area (Å²) in [6.45, 7) is 12.7. The number of nitrogens with zero attached hydrogens (tertiary/aromatic N) is 1. The van der Waals surface area contributed by atoms with Crippen LogP contribution < -0.4 is 17.0 Å². The molecule has 0 unspecified atom stereocenters. The van der Waals surface area contributed by atoms with Gasteiger partial charge in [0.2, 0.25) is 5.91 Å². The van der Waals surface area contributed by atoms with Gasteiger partial charge in [-0.15, -0.1) is 0 Å². The van der Waals surface area contributed by atoms with Crippen LogP contribution in [0.3, 0.4) is 0 Å². The Hall–Kier alpha value is 0.346. The summed E-state index contributed by atoms with van der Waals surface area (Å²) in [4.78, 5) is 27.5. The molecule has 0 saturated carbocycles. The van der Waals surface area contributed by atoms with Crippen LogP contribution >= 0.6 is 0 Å². The number of carbonyl (C=O) groups is 2. The minimum atomic E-state index is 0. The summed E-state index contributed by atoms with van der Waals surface area (Å²) >= 11 is 0. The third kappa shape index (κ3) is 48.1. The van der Waals surface area contributed by atoms with Crippen molar-refractivity contribution in [1.82, 2.24) is 5.06 Å². The van der Waals surface area contributed by atoms with Gasteiger partial charge in [0.1, 0.15) is 5.78 Å². The monoisotopic (exact) mass is 643 g/mol. The first-order valence-corrected chi connectivity index (χ1v) is 16.6. The van der Waals surface area contributed by atoms with E-state index in [0.29, 0.717) is 12.2 Å². The normalized spacial score (nSPS) is 9.78. The second-order valence-electron chi connectivity index (χ2n) is 10.7. The molecule has 0 aliphatic heterocycles. The minimum Gasteiger partial charge on any atom is -1.00 e. The number of hydrogen-bond acceptors (Lipinski definition) is 3. The molecular formula is C34H70BrMgNO3. The van der Waals surface area contributed by atoms with Gasteiger partial charge < -0.3 is 23.9 Å². The zero-order valence-corrected chi connectivity index (χ0v) is 31.1. The predicted octanol–water partition coefficient (Wildman–Crippen LogP) is 7.84. The Balaban J connectivity index is -0.000000159. The number of hydroxylamine groups is 2. The van der Waals surface area contributed by atoms with Crippen molar-refractivity contribution in [1.29, 1.82) is 0 Å². The van der Waals surface area contributed by atoms with E-state index in [4.69, 9.17) is 4.84 Å². The van der Waals surface area contributed by atoms with Crippen molar-refractivity contribution in [2.24, 2.45) is 0 Å². The zero-order valence-electron chi connectivity index (χ0n) is 28.1. The Labute approximate surface area is 279 Å². The molecule has 0 rings (SSSR count). The maximum absolute atomic E-state index is 11.6. The molecule has 0 bridgehead atoms. The molecule has 6 heteroatoms. The summed E-state index contributed by atoms with van der Waals surface area (Å²) in [5.74, 6) is 0.566. The smallest absolute Gasteiger partial charge is 1.00 e. The Morgan fingerprint density at radius 1 is 0.550 bits per heavy atom. The molecule has 0 aromatic carbocycles.